The number of benzene rings is 1. The molecule has 0 bridgehead atoms. The van der Waals surface area contributed by atoms with Crippen LogP contribution in [0.3, 0.4) is 0 Å². The SMILES string of the molecule is Cc1ncnc(N2CCN(S(=O)(=O)c3ccc4oc(=O)ccc4c3)CC2)c1C. The molecule has 0 aliphatic carbocycles. The summed E-state index contributed by atoms with van der Waals surface area (Å²) in [5, 5.41) is 0.575. The molecule has 2 aromatic heterocycles. The highest BCUT2D eigenvalue weighted by Crippen LogP contribution is 2.24. The fourth-order valence-electron chi connectivity index (χ4n) is 3.34. The van der Waals surface area contributed by atoms with E-state index in [2.05, 4.69) is 14.9 Å². The predicted octanol–water partition coefficient (Wildman–Crippen LogP) is 1.71. The monoisotopic (exact) mass is 400 g/mol. The van der Waals surface area contributed by atoms with E-state index in [1.54, 1.807) is 6.07 Å². The topological polar surface area (TPSA) is 96.6 Å². The molecule has 0 atom stereocenters. The average Bonchev–Trinajstić information content (AvgIpc) is 2.69. The Labute approximate surface area is 162 Å². The predicted molar refractivity (Wildman–Crippen MR) is 105 cm³/mol. The van der Waals surface area contributed by atoms with E-state index in [1.165, 1.54) is 34.9 Å². The maximum absolute atomic E-state index is 13.1. The Kier molecular flexibility index (Phi) is 4.64. The summed E-state index contributed by atoms with van der Waals surface area (Å²) in [5.41, 5.74) is 1.83. The molecule has 0 amide bonds. The average molecular weight is 400 g/mol. The summed E-state index contributed by atoms with van der Waals surface area (Å²) in [4.78, 5) is 22.1. The van der Waals surface area contributed by atoms with E-state index in [0.717, 1.165) is 17.1 Å². The highest BCUT2D eigenvalue weighted by molar-refractivity contribution is 7.89. The number of rotatable bonds is 3. The second-order valence-corrected chi connectivity index (χ2v) is 8.69. The van der Waals surface area contributed by atoms with Gasteiger partial charge in [-0.25, -0.2) is 23.2 Å². The summed E-state index contributed by atoms with van der Waals surface area (Å²) in [5.74, 6) is 0.852. The fourth-order valence-corrected chi connectivity index (χ4v) is 4.80. The Morgan fingerprint density at radius 2 is 1.75 bits per heavy atom. The second kappa shape index (κ2) is 6.99. The Bertz CT molecular complexity index is 1200. The van der Waals surface area contributed by atoms with Crippen LogP contribution in [0.25, 0.3) is 11.0 Å². The van der Waals surface area contributed by atoms with Crippen LogP contribution in [0.5, 0.6) is 0 Å². The molecular weight excluding hydrogens is 380 g/mol. The van der Waals surface area contributed by atoms with Crippen molar-refractivity contribution in [3.63, 3.8) is 0 Å². The largest absolute Gasteiger partial charge is 0.423 e. The van der Waals surface area contributed by atoms with Crippen LogP contribution in [0.2, 0.25) is 0 Å². The van der Waals surface area contributed by atoms with Gasteiger partial charge in [-0.2, -0.15) is 4.31 Å². The van der Waals surface area contributed by atoms with Crippen LogP contribution >= 0.6 is 0 Å². The van der Waals surface area contributed by atoms with Crippen molar-refractivity contribution in [1.29, 1.82) is 0 Å². The fraction of sp³-hybridized carbons (Fsp3) is 0.316. The smallest absolute Gasteiger partial charge is 0.336 e. The molecule has 1 fully saturated rings. The van der Waals surface area contributed by atoms with Gasteiger partial charge in [0.2, 0.25) is 10.0 Å². The van der Waals surface area contributed by atoms with Gasteiger partial charge in [0.15, 0.2) is 0 Å². The van der Waals surface area contributed by atoms with Crippen molar-refractivity contribution < 1.29 is 12.8 Å². The summed E-state index contributed by atoms with van der Waals surface area (Å²) >= 11 is 0. The number of hydrogen-bond acceptors (Lipinski definition) is 7. The highest BCUT2D eigenvalue weighted by atomic mass is 32.2. The normalized spacial score (nSPS) is 15.9. The maximum Gasteiger partial charge on any atom is 0.336 e. The van der Waals surface area contributed by atoms with Crippen molar-refractivity contribution >= 4 is 26.8 Å². The Morgan fingerprint density at radius 3 is 2.50 bits per heavy atom. The first-order chi connectivity index (χ1) is 13.4. The third-order valence-electron chi connectivity index (χ3n) is 5.08. The molecule has 146 valence electrons. The van der Waals surface area contributed by atoms with Gasteiger partial charge in [-0.05, 0) is 38.1 Å². The number of aromatic nitrogens is 2. The molecule has 0 radical (unpaired) electrons. The van der Waals surface area contributed by atoms with Crippen LogP contribution in [0, 0.1) is 13.8 Å². The van der Waals surface area contributed by atoms with Crippen LogP contribution in [0.15, 0.2) is 50.8 Å². The van der Waals surface area contributed by atoms with Gasteiger partial charge in [-0.1, -0.05) is 0 Å². The van der Waals surface area contributed by atoms with E-state index in [4.69, 9.17) is 4.42 Å². The van der Waals surface area contributed by atoms with Crippen LogP contribution < -0.4 is 10.5 Å². The molecule has 0 unspecified atom stereocenters. The lowest BCUT2D eigenvalue weighted by atomic mass is 10.2. The third-order valence-corrected chi connectivity index (χ3v) is 6.97. The number of sulfonamides is 1. The van der Waals surface area contributed by atoms with E-state index in [-0.39, 0.29) is 4.90 Å². The summed E-state index contributed by atoms with van der Waals surface area (Å²) in [6.07, 6.45) is 1.54. The lowest BCUT2D eigenvalue weighted by Crippen LogP contribution is -2.49. The number of hydrogen-bond donors (Lipinski definition) is 0. The Hall–Kier alpha value is -2.78. The van der Waals surface area contributed by atoms with Crippen molar-refractivity contribution in [2.75, 3.05) is 31.1 Å². The first kappa shape index (κ1) is 18.6. The first-order valence-corrected chi connectivity index (χ1v) is 10.4. The summed E-state index contributed by atoms with van der Waals surface area (Å²) < 4.78 is 32.7. The number of anilines is 1. The Balaban J connectivity index is 1.56. The molecule has 28 heavy (non-hydrogen) atoms. The second-order valence-electron chi connectivity index (χ2n) is 6.75. The van der Waals surface area contributed by atoms with Gasteiger partial charge in [0, 0.05) is 48.9 Å². The summed E-state index contributed by atoms with van der Waals surface area (Å²) in [6, 6.07) is 7.39. The molecule has 3 heterocycles. The highest BCUT2D eigenvalue weighted by Gasteiger charge is 2.29. The number of piperazine rings is 1. The molecule has 4 rings (SSSR count). The molecule has 1 aliphatic rings. The van der Waals surface area contributed by atoms with Crippen molar-refractivity contribution in [3.05, 3.63) is 58.3 Å². The van der Waals surface area contributed by atoms with Crippen molar-refractivity contribution in [2.45, 2.75) is 18.7 Å². The van der Waals surface area contributed by atoms with Gasteiger partial charge >= 0.3 is 5.63 Å². The van der Waals surface area contributed by atoms with Gasteiger partial charge in [0.25, 0.3) is 0 Å². The molecule has 1 saturated heterocycles. The standard InChI is InChI=1S/C19H20N4O4S/c1-13-14(2)20-12-21-19(13)22-7-9-23(10-8-22)28(25,26)16-4-5-17-15(11-16)3-6-18(24)27-17/h3-6,11-12H,7-10H2,1-2H3. The molecule has 3 aromatic rings. The summed E-state index contributed by atoms with van der Waals surface area (Å²) in [7, 11) is -3.63. The zero-order chi connectivity index (χ0) is 19.9. The van der Waals surface area contributed by atoms with Crippen molar-refractivity contribution in [1.82, 2.24) is 14.3 Å². The van der Waals surface area contributed by atoms with E-state index >= 15 is 0 Å². The third kappa shape index (κ3) is 3.27. The molecule has 0 spiro atoms. The van der Waals surface area contributed by atoms with Crippen LogP contribution in [-0.4, -0.2) is 48.9 Å². The van der Waals surface area contributed by atoms with Crippen LogP contribution in [0.4, 0.5) is 5.82 Å². The Morgan fingerprint density at radius 1 is 1.00 bits per heavy atom. The number of aryl methyl sites for hydroxylation is 1. The zero-order valence-electron chi connectivity index (χ0n) is 15.6. The minimum absolute atomic E-state index is 0.191. The number of nitrogens with zero attached hydrogens (tertiary/aromatic N) is 4. The molecule has 9 heteroatoms. The maximum atomic E-state index is 13.1. The summed E-state index contributed by atoms with van der Waals surface area (Å²) in [6.45, 7) is 5.75. The van der Waals surface area contributed by atoms with Crippen LogP contribution in [0.1, 0.15) is 11.3 Å². The first-order valence-electron chi connectivity index (χ1n) is 8.93. The molecule has 1 aromatic carbocycles. The minimum Gasteiger partial charge on any atom is -0.423 e. The van der Waals surface area contributed by atoms with Gasteiger partial charge in [-0.15, -0.1) is 0 Å². The molecule has 1 aliphatic heterocycles. The van der Waals surface area contributed by atoms with Gasteiger partial charge in [0.05, 0.1) is 4.90 Å². The lowest BCUT2D eigenvalue weighted by molar-refractivity contribution is 0.383. The van der Waals surface area contributed by atoms with E-state index in [0.29, 0.717) is 37.1 Å². The van der Waals surface area contributed by atoms with Gasteiger partial charge < -0.3 is 9.32 Å². The number of fused-ring (bicyclic) bond motifs is 1. The molecule has 0 saturated carbocycles. The van der Waals surface area contributed by atoms with Crippen molar-refractivity contribution in [2.24, 2.45) is 0 Å². The van der Waals surface area contributed by atoms with E-state index in [1.807, 2.05) is 13.8 Å². The van der Waals surface area contributed by atoms with Gasteiger partial charge in [0.1, 0.15) is 17.7 Å². The quantitative estimate of drug-likeness (QED) is 0.618. The molecular formula is C19H20N4O4S. The van der Waals surface area contributed by atoms with E-state index < -0.39 is 15.6 Å². The van der Waals surface area contributed by atoms with Crippen LogP contribution in [-0.2, 0) is 10.0 Å². The zero-order valence-corrected chi connectivity index (χ0v) is 16.4. The van der Waals surface area contributed by atoms with E-state index in [9.17, 15) is 13.2 Å². The van der Waals surface area contributed by atoms with Gasteiger partial charge in [-0.3, -0.25) is 0 Å². The van der Waals surface area contributed by atoms with Crippen molar-refractivity contribution in [3.8, 4) is 0 Å². The molecule has 0 N–H and O–H groups in total. The minimum atomic E-state index is -3.63. The molecule has 8 nitrogen and oxygen atoms in total. The lowest BCUT2D eigenvalue weighted by Gasteiger charge is -2.35.